The highest BCUT2D eigenvalue weighted by molar-refractivity contribution is 9.10. The predicted molar refractivity (Wildman–Crippen MR) is 116 cm³/mol. The van der Waals surface area contributed by atoms with Gasteiger partial charge < -0.3 is 5.32 Å². The third kappa shape index (κ3) is 3.73. The molecule has 0 saturated heterocycles. The van der Waals surface area contributed by atoms with E-state index >= 15 is 0 Å². The molecule has 0 bridgehead atoms. The molecule has 3 atom stereocenters. The Balaban J connectivity index is 1.63. The summed E-state index contributed by atoms with van der Waals surface area (Å²) in [5, 5.41) is 3.82. The molecule has 2 nitrogen and oxygen atoms in total. The van der Waals surface area contributed by atoms with E-state index in [1.807, 2.05) is 0 Å². The van der Waals surface area contributed by atoms with Crippen molar-refractivity contribution in [1.82, 2.24) is 4.72 Å². The van der Waals surface area contributed by atoms with E-state index in [1.165, 1.54) is 21.7 Å². The third-order valence-corrected chi connectivity index (χ3v) is 6.77. The first kappa shape index (κ1) is 18.1. The Kier molecular flexibility index (Phi) is 4.93. The first-order valence-electron chi connectivity index (χ1n) is 9.17. The van der Waals surface area contributed by atoms with Crippen LogP contribution in [0.5, 0.6) is 0 Å². The van der Waals surface area contributed by atoms with Gasteiger partial charge in [-0.15, -0.1) is 0 Å². The summed E-state index contributed by atoms with van der Waals surface area (Å²) in [4.78, 5) is 1.28. The average molecular weight is 429 g/mol. The zero-order chi connectivity index (χ0) is 18.3. The number of anilines is 1. The van der Waals surface area contributed by atoms with E-state index in [9.17, 15) is 0 Å². The maximum absolute atomic E-state index is 3.82. The molecule has 0 amide bonds. The number of hydrogen-bond acceptors (Lipinski definition) is 3. The largest absolute Gasteiger partial charge is 0.378 e. The van der Waals surface area contributed by atoms with Gasteiger partial charge in [0.15, 0.2) is 0 Å². The van der Waals surface area contributed by atoms with E-state index in [-0.39, 0.29) is 5.54 Å². The molecule has 2 aliphatic rings. The molecule has 136 valence electrons. The van der Waals surface area contributed by atoms with Crippen molar-refractivity contribution in [2.75, 3.05) is 5.32 Å². The van der Waals surface area contributed by atoms with Crippen molar-refractivity contribution in [3.05, 3.63) is 70.2 Å². The summed E-state index contributed by atoms with van der Waals surface area (Å²) in [5.41, 5.74) is 4.16. The minimum atomic E-state index is 0.0985. The minimum absolute atomic E-state index is 0.0985. The van der Waals surface area contributed by atoms with Crippen molar-refractivity contribution >= 4 is 33.6 Å². The molecule has 4 heteroatoms. The predicted octanol–water partition coefficient (Wildman–Crippen LogP) is 6.67. The fraction of sp³-hybridized carbons (Fsp3) is 0.364. The molecule has 3 unspecified atom stereocenters. The molecular weight excluding hydrogens is 404 g/mol. The van der Waals surface area contributed by atoms with Gasteiger partial charge in [-0.2, -0.15) is 0 Å². The molecule has 1 heterocycles. The lowest BCUT2D eigenvalue weighted by Crippen LogP contribution is -2.30. The van der Waals surface area contributed by atoms with E-state index in [1.54, 1.807) is 11.9 Å². The van der Waals surface area contributed by atoms with Crippen molar-refractivity contribution in [3.63, 3.8) is 0 Å². The highest BCUT2D eigenvalue weighted by Gasteiger charge is 2.37. The molecule has 0 spiro atoms. The van der Waals surface area contributed by atoms with Gasteiger partial charge in [0, 0.05) is 26.5 Å². The van der Waals surface area contributed by atoms with Crippen LogP contribution in [0.4, 0.5) is 5.69 Å². The van der Waals surface area contributed by atoms with E-state index in [2.05, 4.69) is 101 Å². The van der Waals surface area contributed by atoms with E-state index in [0.29, 0.717) is 17.9 Å². The second kappa shape index (κ2) is 7.06. The number of allylic oxidation sites excluding steroid dienone is 2. The van der Waals surface area contributed by atoms with Gasteiger partial charge in [0.1, 0.15) is 0 Å². The maximum atomic E-state index is 3.82. The lowest BCUT2D eigenvalue weighted by Gasteiger charge is -2.37. The van der Waals surface area contributed by atoms with Gasteiger partial charge in [-0.1, -0.05) is 40.2 Å². The normalized spacial score (nSPS) is 24.1. The summed E-state index contributed by atoms with van der Waals surface area (Å²) in [6.07, 6.45) is 5.89. The summed E-state index contributed by atoms with van der Waals surface area (Å²) in [7, 11) is 0. The molecule has 2 aromatic rings. The Hall–Kier alpha value is -1.23. The molecule has 0 aromatic heterocycles. The van der Waals surface area contributed by atoms with Crippen molar-refractivity contribution < 1.29 is 0 Å². The summed E-state index contributed by atoms with van der Waals surface area (Å²) in [5.74, 6) is 1.08. The number of halogens is 1. The molecule has 0 radical (unpaired) electrons. The zero-order valence-electron chi connectivity index (χ0n) is 15.4. The Bertz CT molecular complexity index is 823. The van der Waals surface area contributed by atoms with E-state index < -0.39 is 0 Å². The highest BCUT2D eigenvalue weighted by Crippen LogP contribution is 2.50. The molecular formula is C22H25BrN2S. The van der Waals surface area contributed by atoms with Crippen molar-refractivity contribution in [2.24, 2.45) is 5.92 Å². The van der Waals surface area contributed by atoms with E-state index in [4.69, 9.17) is 0 Å². The summed E-state index contributed by atoms with van der Waals surface area (Å²) >= 11 is 5.27. The molecule has 2 N–H and O–H groups in total. The van der Waals surface area contributed by atoms with Crippen LogP contribution in [-0.4, -0.2) is 5.54 Å². The summed E-state index contributed by atoms with van der Waals surface area (Å²) in [6.45, 7) is 6.58. The Labute approximate surface area is 169 Å². The summed E-state index contributed by atoms with van der Waals surface area (Å²) < 4.78 is 4.65. The maximum Gasteiger partial charge on any atom is 0.0553 e. The van der Waals surface area contributed by atoms with Crippen molar-refractivity contribution in [1.29, 1.82) is 0 Å². The van der Waals surface area contributed by atoms with E-state index in [0.717, 1.165) is 10.9 Å². The fourth-order valence-electron chi connectivity index (χ4n) is 3.85. The number of hydrogen-bond donors (Lipinski definition) is 2. The van der Waals surface area contributed by atoms with Gasteiger partial charge in [0.05, 0.1) is 6.04 Å². The van der Waals surface area contributed by atoms with Crippen LogP contribution in [0.25, 0.3) is 0 Å². The Morgan fingerprint density at radius 1 is 1.12 bits per heavy atom. The van der Waals surface area contributed by atoms with Gasteiger partial charge in [-0.3, -0.25) is 4.72 Å². The summed E-state index contributed by atoms with van der Waals surface area (Å²) in [6, 6.07) is 15.9. The van der Waals surface area contributed by atoms with Crippen LogP contribution < -0.4 is 10.0 Å². The lowest BCUT2D eigenvalue weighted by molar-refractivity contribution is 0.425. The van der Waals surface area contributed by atoms with Gasteiger partial charge >= 0.3 is 0 Å². The van der Waals surface area contributed by atoms with Crippen molar-refractivity contribution in [2.45, 2.75) is 49.6 Å². The first-order chi connectivity index (χ1) is 12.4. The van der Waals surface area contributed by atoms with Crippen LogP contribution in [0.1, 0.15) is 50.3 Å². The number of nitrogens with one attached hydrogen (secondary N) is 2. The Morgan fingerprint density at radius 3 is 2.62 bits per heavy atom. The molecule has 0 fully saturated rings. The zero-order valence-corrected chi connectivity index (χ0v) is 17.8. The van der Waals surface area contributed by atoms with Gasteiger partial charge in [0.25, 0.3) is 0 Å². The highest BCUT2D eigenvalue weighted by atomic mass is 79.9. The molecule has 1 aliphatic heterocycles. The molecule has 4 rings (SSSR count). The average Bonchev–Trinajstić information content (AvgIpc) is 3.09. The Morgan fingerprint density at radius 2 is 1.88 bits per heavy atom. The quantitative estimate of drug-likeness (QED) is 0.421. The third-order valence-electron chi connectivity index (χ3n) is 5.04. The van der Waals surface area contributed by atoms with Crippen LogP contribution in [-0.2, 0) is 0 Å². The van der Waals surface area contributed by atoms with Gasteiger partial charge in [-0.25, -0.2) is 0 Å². The molecule has 0 saturated carbocycles. The number of fused-ring (bicyclic) bond motifs is 3. The van der Waals surface area contributed by atoms with Crippen LogP contribution >= 0.6 is 27.9 Å². The fourth-order valence-corrected chi connectivity index (χ4v) is 4.86. The van der Waals surface area contributed by atoms with Gasteiger partial charge in [0.2, 0.25) is 0 Å². The molecule has 2 aromatic carbocycles. The smallest absolute Gasteiger partial charge is 0.0553 e. The minimum Gasteiger partial charge on any atom is -0.378 e. The molecule has 1 aliphatic carbocycles. The van der Waals surface area contributed by atoms with Crippen LogP contribution in [0.15, 0.2) is 64.0 Å². The molecule has 26 heavy (non-hydrogen) atoms. The van der Waals surface area contributed by atoms with Crippen LogP contribution in [0.3, 0.4) is 0 Å². The second-order valence-electron chi connectivity index (χ2n) is 8.23. The standard InChI is InChI=1S/C22H25BrN2S/c1-22(2,3)25-26-16-11-12-20-19(13-16)17-5-4-6-18(17)21(24-20)14-7-9-15(23)10-8-14/h4-5,7-13,17-18,21,24-25H,6H2,1-3H3. The van der Waals surface area contributed by atoms with Crippen LogP contribution in [0, 0.1) is 5.92 Å². The monoisotopic (exact) mass is 428 g/mol. The second-order valence-corrected chi connectivity index (χ2v) is 10.0. The van der Waals surface area contributed by atoms with Crippen molar-refractivity contribution in [3.8, 4) is 0 Å². The van der Waals surface area contributed by atoms with Gasteiger partial charge in [-0.05, 0) is 86.5 Å². The number of rotatable bonds is 3. The number of benzene rings is 2. The first-order valence-corrected chi connectivity index (χ1v) is 10.8. The topological polar surface area (TPSA) is 24.1 Å². The SMILES string of the molecule is CC(C)(C)NSc1ccc2c(c1)C1C=CCC1C(c1ccc(Br)cc1)N2. The van der Waals surface area contributed by atoms with Crippen LogP contribution in [0.2, 0.25) is 0 Å². The lowest BCUT2D eigenvalue weighted by atomic mass is 9.77.